The normalized spacial score (nSPS) is 57.2. The first-order valence-corrected chi connectivity index (χ1v) is 34.3. The van der Waals surface area contributed by atoms with Gasteiger partial charge < -0.3 is 163 Å². The molecule has 0 amide bonds. The van der Waals surface area contributed by atoms with Crippen molar-refractivity contribution in [2.75, 3.05) is 39.6 Å². The molecule has 0 unspecified atom stereocenters. The summed E-state index contributed by atoms with van der Waals surface area (Å²) in [6, 6.07) is 0. The molecule has 4 saturated carbocycles. The SMILES string of the molecule is C[C@@H]1CC[C@@]2(OC1)O[C@H]1[C@H](O)[C@H]3[C@@H]4CC[C@H]5C[C@@H](O[C@@H]6O[C@H](CO)[C@@H](O[C@@H]7O[C@H](CO)[C@@H](O)[C@H](O[C@@H]8O[C@H](CO)[C@@H](O[C@@H]9O[C@@H](C)[C@H](O)[C@@H](O)[C@H]9O)[C@H](O)[C@H]8O)[C@H]7O[C@@H]7O[C@H](CO)[C@@H](O)[C@H](O[C@@H]8O[C@H](CO)[C@@H](O)[C@H](O)[C@H]8O)[C@H]7O)[C@H](O)[C@H]6O)CC[C@]5(C)[C@H]4CC(=O)[C@]3(C)[C@H]1[C@@H]2C. The third kappa shape index (κ3) is 13.0. The molecule has 0 aromatic rings. The van der Waals surface area contributed by atoms with E-state index in [0.717, 1.165) is 19.3 Å². The van der Waals surface area contributed by atoms with Gasteiger partial charge in [0.25, 0.3) is 0 Å². The Labute approximate surface area is 558 Å². The zero-order valence-electron chi connectivity index (χ0n) is 54.6. The van der Waals surface area contributed by atoms with Crippen LogP contribution in [0.15, 0.2) is 0 Å². The van der Waals surface area contributed by atoms with Crippen molar-refractivity contribution in [1.29, 1.82) is 0 Å². The van der Waals surface area contributed by atoms with Crippen LogP contribution in [0, 0.1) is 52.3 Å². The van der Waals surface area contributed by atoms with Crippen LogP contribution in [0.25, 0.3) is 0 Å². The van der Waals surface area contributed by atoms with E-state index in [9.17, 15) is 102 Å². The van der Waals surface area contributed by atoms with Crippen LogP contribution in [0.2, 0.25) is 0 Å². The molecule has 8 saturated heterocycles. The van der Waals surface area contributed by atoms with Crippen LogP contribution in [0.1, 0.15) is 86.0 Å². The van der Waals surface area contributed by atoms with Crippen molar-refractivity contribution in [3.05, 3.63) is 0 Å². The fourth-order valence-electron chi connectivity index (χ4n) is 18.8. The lowest BCUT2D eigenvalue weighted by Gasteiger charge is -2.61. The van der Waals surface area contributed by atoms with Crippen LogP contribution >= 0.6 is 0 Å². The van der Waals surface area contributed by atoms with Crippen molar-refractivity contribution in [2.45, 2.75) is 294 Å². The molecule has 12 rings (SSSR count). The van der Waals surface area contributed by atoms with Gasteiger partial charge in [-0.05, 0) is 74.5 Å². The predicted octanol–water partition coefficient (Wildman–Crippen LogP) is -8.08. The summed E-state index contributed by atoms with van der Waals surface area (Å²) in [5.41, 5.74) is -1.17. The van der Waals surface area contributed by atoms with Gasteiger partial charge in [-0.1, -0.05) is 27.7 Å². The number of hydrogen-bond donors (Lipinski definition) is 19. The van der Waals surface area contributed by atoms with Crippen molar-refractivity contribution in [2.24, 2.45) is 52.3 Å². The van der Waals surface area contributed by atoms with Crippen molar-refractivity contribution in [1.82, 2.24) is 0 Å². The van der Waals surface area contributed by atoms with Gasteiger partial charge in [0.05, 0.1) is 64.1 Å². The average Bonchev–Trinajstić information content (AvgIpc) is 1.53. The Balaban J connectivity index is 0.769. The highest BCUT2D eigenvalue weighted by Crippen LogP contribution is 2.70. The minimum atomic E-state index is -2.30. The van der Waals surface area contributed by atoms with Crippen LogP contribution in [0.3, 0.4) is 0 Å². The lowest BCUT2D eigenvalue weighted by molar-refractivity contribution is -0.414. The van der Waals surface area contributed by atoms with E-state index in [-0.39, 0.29) is 46.7 Å². The topological polar surface area (TPSA) is 531 Å². The fourth-order valence-corrected chi connectivity index (χ4v) is 18.8. The molecule has 0 aromatic carbocycles. The molecule has 19 N–H and O–H groups in total. The second kappa shape index (κ2) is 29.4. The highest BCUT2D eigenvalue weighted by molar-refractivity contribution is 5.87. The quantitative estimate of drug-likeness (QED) is 0.0602. The minimum absolute atomic E-state index is 0.0178. The van der Waals surface area contributed by atoms with Gasteiger partial charge >= 0.3 is 0 Å². The lowest BCUT2D eigenvalue weighted by atomic mass is 9.44. The molecule has 1 spiro atoms. The zero-order valence-corrected chi connectivity index (χ0v) is 54.6. The standard InChI is InChI=1S/C63H102O34/c1-20-8-11-63(84-19-20)21(2)33-51(97-63)39(74)34-25-7-6-23-12-24(9-10-61(23,4)26(25)13-32(69)62(33,34)5)86-56-46(81)42(77)50(31(18-68)90-56)93-60-54(96-59-48(83)52(37(72)28(15-65)88-59)94-57-45(80)41(76)36(71)27(14-64)87-57)53(38(73)29(16-66)89-60)95-58-47(82)43(78)49(30(17-67)91-58)92-55-44(79)40(75)35(70)22(3)85-55/h20-31,33-60,64-68,70-83H,6-19H2,1-5H3/t20-,21+,22+,23+,24+,25-,26+,27-,28-,29-,30-,31-,33+,34-,35+,36-,37-,38-,39-,40-,41+,42-,43-,44-,45-,46-,47-,48-,49-,50-,51-,52+,53+,54-,55+,56-,57+,58+,59+,60+,61+,62-,63-/m1/s1. The Bertz CT molecular complexity index is 2630. The molecule has 0 bridgehead atoms. The van der Waals surface area contributed by atoms with E-state index >= 15 is 0 Å². The summed E-state index contributed by atoms with van der Waals surface area (Å²) in [6.45, 7) is 5.34. The van der Waals surface area contributed by atoms with E-state index in [0.29, 0.717) is 44.6 Å². The summed E-state index contributed by atoms with van der Waals surface area (Å²) in [7, 11) is 0. The molecular weight excluding hydrogens is 1300 g/mol. The fraction of sp³-hybridized carbons (Fsp3) is 0.984. The number of aliphatic hydroxyl groups is 19. The van der Waals surface area contributed by atoms with Crippen molar-refractivity contribution in [3.8, 4) is 0 Å². The maximum atomic E-state index is 14.9. The highest BCUT2D eigenvalue weighted by atomic mass is 16.8. The van der Waals surface area contributed by atoms with Crippen molar-refractivity contribution >= 4 is 5.78 Å². The molecule has 12 fully saturated rings. The Hall–Kier alpha value is -1.65. The van der Waals surface area contributed by atoms with Crippen molar-refractivity contribution in [3.63, 3.8) is 0 Å². The van der Waals surface area contributed by atoms with Gasteiger partial charge in [0, 0.05) is 36.0 Å². The molecule has 8 aliphatic heterocycles. The van der Waals surface area contributed by atoms with Gasteiger partial charge in [-0.2, -0.15) is 0 Å². The van der Waals surface area contributed by atoms with Crippen LogP contribution in [-0.4, -0.2) is 351 Å². The van der Waals surface area contributed by atoms with Crippen LogP contribution in [-0.2, 0) is 71.1 Å². The molecule has 34 heteroatoms. The second-order valence-electron chi connectivity index (χ2n) is 29.9. The third-order valence-electron chi connectivity index (χ3n) is 24.5. The number of Topliss-reactive ketones (excluding diaryl/α,β-unsaturated/α-hetero) is 1. The first kappa shape index (κ1) is 75.0. The minimum Gasteiger partial charge on any atom is -0.394 e. The summed E-state index contributed by atoms with van der Waals surface area (Å²) in [5, 5.41) is 212. The smallest absolute Gasteiger partial charge is 0.187 e. The first-order valence-electron chi connectivity index (χ1n) is 34.3. The number of rotatable bonds is 17. The largest absolute Gasteiger partial charge is 0.394 e. The van der Waals surface area contributed by atoms with Gasteiger partial charge in [0.15, 0.2) is 43.5 Å². The number of carbonyl (C=O) groups excluding carboxylic acids is 1. The van der Waals surface area contributed by atoms with E-state index in [2.05, 4.69) is 20.8 Å². The number of hydrogen-bond acceptors (Lipinski definition) is 34. The molecule has 0 radical (unpaired) electrons. The number of carbonyl (C=O) groups is 1. The van der Waals surface area contributed by atoms with Gasteiger partial charge in [-0.25, -0.2) is 0 Å². The summed E-state index contributed by atoms with van der Waals surface area (Å²) in [4.78, 5) is 14.9. The van der Waals surface area contributed by atoms with Crippen LogP contribution in [0.4, 0.5) is 0 Å². The highest BCUT2D eigenvalue weighted by Gasteiger charge is 2.75. The summed E-state index contributed by atoms with van der Waals surface area (Å²) in [6.07, 6.45) is -55.0. The van der Waals surface area contributed by atoms with Gasteiger partial charge in [0.2, 0.25) is 0 Å². The molecule has 97 heavy (non-hydrogen) atoms. The van der Waals surface area contributed by atoms with Gasteiger partial charge in [-0.3, -0.25) is 4.79 Å². The van der Waals surface area contributed by atoms with E-state index < -0.39 is 247 Å². The number of ether oxygens (including phenoxy) is 14. The monoisotopic (exact) mass is 1400 g/mol. The number of ketones is 1. The Morgan fingerprint density at radius 1 is 0.433 bits per heavy atom. The summed E-state index contributed by atoms with van der Waals surface area (Å²) in [5.74, 6) is -0.992. The molecule has 43 atom stereocenters. The van der Waals surface area contributed by atoms with Crippen LogP contribution in [0.5, 0.6) is 0 Å². The molecule has 12 aliphatic rings. The lowest BCUT2D eigenvalue weighted by Crippen LogP contribution is -2.69. The Kier molecular flexibility index (Phi) is 22.7. The Morgan fingerprint density at radius 2 is 0.907 bits per heavy atom. The molecule has 4 aliphatic carbocycles. The van der Waals surface area contributed by atoms with E-state index in [1.54, 1.807) is 0 Å². The van der Waals surface area contributed by atoms with E-state index in [1.807, 2.05) is 6.92 Å². The molecule has 0 aromatic heterocycles. The third-order valence-corrected chi connectivity index (χ3v) is 24.5. The molecule has 8 heterocycles. The van der Waals surface area contributed by atoms with Gasteiger partial charge in [0.1, 0.15) is 146 Å². The second-order valence-corrected chi connectivity index (χ2v) is 29.9. The van der Waals surface area contributed by atoms with E-state index in [4.69, 9.17) is 66.3 Å². The molecule has 558 valence electrons. The molecule has 34 nitrogen and oxygen atoms in total. The Morgan fingerprint density at radius 3 is 1.48 bits per heavy atom. The average molecular weight is 1400 g/mol. The number of aliphatic hydroxyl groups excluding tert-OH is 19. The first-order chi connectivity index (χ1) is 46.0. The summed E-state index contributed by atoms with van der Waals surface area (Å²) < 4.78 is 85.1. The maximum absolute atomic E-state index is 14.9. The zero-order chi connectivity index (χ0) is 70.0. The van der Waals surface area contributed by atoms with Crippen molar-refractivity contribution < 1.29 is 168 Å². The van der Waals surface area contributed by atoms with E-state index in [1.165, 1.54) is 6.92 Å². The molecular formula is C63H102O34. The number of fused-ring (bicyclic) bond motifs is 7. The van der Waals surface area contributed by atoms with Gasteiger partial charge in [-0.15, -0.1) is 0 Å². The summed E-state index contributed by atoms with van der Waals surface area (Å²) >= 11 is 0. The maximum Gasteiger partial charge on any atom is 0.187 e. The van der Waals surface area contributed by atoms with Crippen LogP contribution < -0.4 is 0 Å². The predicted molar refractivity (Wildman–Crippen MR) is 314 cm³/mol.